The third kappa shape index (κ3) is 1.85. The van der Waals surface area contributed by atoms with E-state index in [1.807, 2.05) is 6.07 Å². The quantitative estimate of drug-likeness (QED) is 0.296. The third-order valence-corrected chi connectivity index (χ3v) is 2.68. The van der Waals surface area contributed by atoms with E-state index in [0.29, 0.717) is 12.1 Å². The molecule has 4 nitrogen and oxygen atoms in total. The predicted octanol–water partition coefficient (Wildman–Crippen LogP) is 3.54. The Labute approximate surface area is 87.5 Å². The molecule has 76 valence electrons. The van der Waals surface area contributed by atoms with E-state index in [-0.39, 0.29) is 5.78 Å². The number of hydrogen-bond acceptors (Lipinski definition) is 2. The molecule has 0 aromatic heterocycles. The molecule has 0 heterocycles. The molecule has 0 bridgehead atoms. The van der Waals surface area contributed by atoms with Crippen molar-refractivity contribution in [2.24, 2.45) is 5.11 Å². The molecule has 0 saturated carbocycles. The summed E-state index contributed by atoms with van der Waals surface area (Å²) in [5.74, 6) is 0.164. The second kappa shape index (κ2) is 4.15. The van der Waals surface area contributed by atoms with E-state index in [0.717, 1.165) is 30.4 Å². The number of ketones is 1. The van der Waals surface area contributed by atoms with Crippen LogP contribution in [0.25, 0.3) is 10.4 Å². The second-order valence-electron chi connectivity index (χ2n) is 3.62. The molecule has 0 N–H and O–H groups in total. The summed E-state index contributed by atoms with van der Waals surface area (Å²) in [6, 6.07) is 5.35. The number of Topliss-reactive ketones (excluding diaryl/α,β-unsaturated/α-hetero) is 1. The van der Waals surface area contributed by atoms with Gasteiger partial charge >= 0.3 is 0 Å². The van der Waals surface area contributed by atoms with Gasteiger partial charge in [0, 0.05) is 22.6 Å². The van der Waals surface area contributed by atoms with Gasteiger partial charge in [0.15, 0.2) is 5.78 Å². The molecule has 15 heavy (non-hydrogen) atoms. The zero-order valence-corrected chi connectivity index (χ0v) is 8.31. The number of carbonyl (C=O) groups is 1. The molecule has 0 amide bonds. The number of fused-ring (bicyclic) bond motifs is 1. The third-order valence-electron chi connectivity index (χ3n) is 2.68. The van der Waals surface area contributed by atoms with E-state index in [9.17, 15) is 4.79 Å². The van der Waals surface area contributed by atoms with Crippen LogP contribution in [-0.2, 0) is 6.42 Å². The van der Waals surface area contributed by atoms with Gasteiger partial charge in [-0.15, -0.1) is 0 Å². The normalized spacial score (nSPS) is 15.1. The van der Waals surface area contributed by atoms with Gasteiger partial charge in [0.1, 0.15) is 0 Å². The highest BCUT2D eigenvalue weighted by Gasteiger charge is 2.16. The molecule has 1 aromatic carbocycles. The summed E-state index contributed by atoms with van der Waals surface area (Å²) in [5, 5.41) is 3.62. The molecular weight excluding hydrogens is 190 g/mol. The first kappa shape index (κ1) is 9.74. The van der Waals surface area contributed by atoms with E-state index in [4.69, 9.17) is 5.53 Å². The van der Waals surface area contributed by atoms with Crippen LogP contribution in [0, 0.1) is 0 Å². The Morgan fingerprint density at radius 3 is 2.87 bits per heavy atom. The summed E-state index contributed by atoms with van der Waals surface area (Å²) in [7, 11) is 0. The van der Waals surface area contributed by atoms with E-state index < -0.39 is 0 Å². The van der Waals surface area contributed by atoms with Crippen molar-refractivity contribution in [2.45, 2.75) is 25.7 Å². The standard InChI is InChI=1S/C11H11N3O/c12-14-13-10-6-3-5-9-8(10)4-1-2-7-11(9)15/h3,5-6H,1-2,4,7H2. The maximum atomic E-state index is 11.7. The molecule has 0 atom stereocenters. The van der Waals surface area contributed by atoms with Gasteiger partial charge in [0.2, 0.25) is 0 Å². The van der Waals surface area contributed by atoms with Crippen molar-refractivity contribution in [3.05, 3.63) is 39.8 Å². The molecule has 4 heteroatoms. The first-order valence-electron chi connectivity index (χ1n) is 5.03. The fraction of sp³-hybridized carbons (Fsp3) is 0.364. The van der Waals surface area contributed by atoms with Crippen LogP contribution in [0.4, 0.5) is 5.69 Å². The number of nitrogens with zero attached hydrogens (tertiary/aromatic N) is 3. The van der Waals surface area contributed by atoms with Crippen LogP contribution in [0.2, 0.25) is 0 Å². The summed E-state index contributed by atoms with van der Waals surface area (Å²) in [5.41, 5.74) is 10.7. The average molecular weight is 201 g/mol. The van der Waals surface area contributed by atoms with Gasteiger partial charge in [-0.1, -0.05) is 23.3 Å². The zero-order chi connectivity index (χ0) is 10.7. The summed E-state index contributed by atoms with van der Waals surface area (Å²) in [6.07, 6.45) is 3.34. The molecule has 0 unspecified atom stereocenters. The molecule has 0 saturated heterocycles. The number of hydrogen-bond donors (Lipinski definition) is 0. The Morgan fingerprint density at radius 1 is 1.27 bits per heavy atom. The van der Waals surface area contributed by atoms with Crippen molar-refractivity contribution in [1.29, 1.82) is 0 Å². The van der Waals surface area contributed by atoms with Crippen molar-refractivity contribution in [3.63, 3.8) is 0 Å². The Bertz CT molecular complexity index is 447. The minimum absolute atomic E-state index is 0.164. The van der Waals surface area contributed by atoms with Gasteiger partial charge in [0.25, 0.3) is 0 Å². The van der Waals surface area contributed by atoms with Gasteiger partial charge in [0.05, 0.1) is 0 Å². The lowest BCUT2D eigenvalue weighted by atomic mass is 10.0. The largest absolute Gasteiger partial charge is 0.294 e. The number of benzene rings is 1. The Kier molecular flexibility index (Phi) is 2.70. The Hall–Kier alpha value is -1.80. The van der Waals surface area contributed by atoms with Crippen molar-refractivity contribution in [2.75, 3.05) is 0 Å². The summed E-state index contributed by atoms with van der Waals surface area (Å²) in [6.45, 7) is 0. The SMILES string of the molecule is [N-]=[N+]=Nc1cccc2c1CCCCC2=O. The average Bonchev–Trinajstić information content (AvgIpc) is 2.43. The van der Waals surface area contributed by atoms with Crippen molar-refractivity contribution < 1.29 is 4.79 Å². The summed E-state index contributed by atoms with van der Waals surface area (Å²) >= 11 is 0. The maximum absolute atomic E-state index is 11.7. The van der Waals surface area contributed by atoms with Crippen LogP contribution in [-0.4, -0.2) is 5.78 Å². The molecule has 0 radical (unpaired) electrons. The van der Waals surface area contributed by atoms with Crippen molar-refractivity contribution in [3.8, 4) is 0 Å². The van der Waals surface area contributed by atoms with Crippen LogP contribution in [0.5, 0.6) is 0 Å². The molecule has 1 aliphatic rings. The zero-order valence-electron chi connectivity index (χ0n) is 8.31. The minimum Gasteiger partial charge on any atom is -0.294 e. The van der Waals surface area contributed by atoms with E-state index in [2.05, 4.69) is 10.0 Å². The van der Waals surface area contributed by atoms with Crippen LogP contribution in [0.3, 0.4) is 0 Å². The fourth-order valence-electron chi connectivity index (χ4n) is 1.96. The first-order chi connectivity index (χ1) is 7.33. The number of rotatable bonds is 1. The Balaban J connectivity index is 2.57. The van der Waals surface area contributed by atoms with E-state index >= 15 is 0 Å². The minimum atomic E-state index is 0.164. The molecular formula is C11H11N3O. The summed E-state index contributed by atoms with van der Waals surface area (Å²) < 4.78 is 0. The topological polar surface area (TPSA) is 65.8 Å². The van der Waals surface area contributed by atoms with Gasteiger partial charge in [-0.3, -0.25) is 4.79 Å². The van der Waals surface area contributed by atoms with Gasteiger partial charge in [-0.05, 0) is 30.4 Å². The van der Waals surface area contributed by atoms with E-state index in [1.165, 1.54) is 0 Å². The molecule has 0 aliphatic heterocycles. The smallest absolute Gasteiger partial charge is 0.163 e. The molecule has 2 rings (SSSR count). The summed E-state index contributed by atoms with van der Waals surface area (Å²) in [4.78, 5) is 14.5. The molecule has 1 aromatic rings. The van der Waals surface area contributed by atoms with Crippen LogP contribution >= 0.6 is 0 Å². The lowest BCUT2D eigenvalue weighted by Crippen LogP contribution is -1.99. The first-order valence-corrected chi connectivity index (χ1v) is 5.03. The van der Waals surface area contributed by atoms with Gasteiger partial charge in [-0.2, -0.15) is 0 Å². The lowest BCUT2D eigenvalue weighted by Gasteiger charge is -2.06. The highest BCUT2D eigenvalue weighted by atomic mass is 16.1. The number of azide groups is 1. The Morgan fingerprint density at radius 2 is 2.07 bits per heavy atom. The predicted molar refractivity (Wildman–Crippen MR) is 57.1 cm³/mol. The van der Waals surface area contributed by atoms with Crippen LogP contribution in [0.1, 0.15) is 35.2 Å². The van der Waals surface area contributed by atoms with Crippen molar-refractivity contribution >= 4 is 11.5 Å². The van der Waals surface area contributed by atoms with Crippen LogP contribution in [0.15, 0.2) is 23.3 Å². The van der Waals surface area contributed by atoms with Gasteiger partial charge < -0.3 is 0 Å². The van der Waals surface area contributed by atoms with Gasteiger partial charge in [-0.25, -0.2) is 0 Å². The molecule has 0 fully saturated rings. The second-order valence-corrected chi connectivity index (χ2v) is 3.62. The van der Waals surface area contributed by atoms with Crippen molar-refractivity contribution in [1.82, 2.24) is 0 Å². The highest BCUT2D eigenvalue weighted by molar-refractivity contribution is 5.98. The van der Waals surface area contributed by atoms with E-state index in [1.54, 1.807) is 12.1 Å². The highest BCUT2D eigenvalue weighted by Crippen LogP contribution is 2.29. The maximum Gasteiger partial charge on any atom is 0.163 e. The lowest BCUT2D eigenvalue weighted by molar-refractivity contribution is 0.0982. The monoisotopic (exact) mass is 201 g/mol. The fourth-order valence-corrected chi connectivity index (χ4v) is 1.96. The molecule has 1 aliphatic carbocycles. The van der Waals surface area contributed by atoms with Crippen LogP contribution < -0.4 is 0 Å². The molecule has 0 spiro atoms. The number of carbonyl (C=O) groups excluding carboxylic acids is 1.